The van der Waals surface area contributed by atoms with Crippen molar-refractivity contribution in [2.75, 3.05) is 7.11 Å². The van der Waals surface area contributed by atoms with Crippen molar-refractivity contribution in [1.29, 1.82) is 0 Å². The molecule has 0 aliphatic heterocycles. The second kappa shape index (κ2) is 10.0. The highest BCUT2D eigenvalue weighted by atomic mass is 35.5. The van der Waals surface area contributed by atoms with Gasteiger partial charge in [0.15, 0.2) is 0 Å². The molecule has 31 heavy (non-hydrogen) atoms. The van der Waals surface area contributed by atoms with Crippen molar-refractivity contribution in [2.45, 2.75) is 13.2 Å². The standard InChI is InChI=1S/C26H23ClN2O2/c1-30-25-13-7-4-9-20(25)16-28-29-17-23-22-11-5-2-8-19(22)14-15-26(23)31-18-21-10-3-6-12-24(21)27/h2-15,17,28H,16,18H2,1H3/b29-17+. The summed E-state index contributed by atoms with van der Waals surface area (Å²) in [6, 6.07) is 27.8. The summed E-state index contributed by atoms with van der Waals surface area (Å²) < 4.78 is 11.5. The van der Waals surface area contributed by atoms with Crippen molar-refractivity contribution in [3.05, 3.63) is 107 Å². The molecule has 0 heterocycles. The Hall–Kier alpha value is -3.50. The first-order valence-electron chi connectivity index (χ1n) is 10.0. The first-order chi connectivity index (χ1) is 15.3. The molecule has 5 heteroatoms. The van der Waals surface area contributed by atoms with Crippen LogP contribution in [0.15, 0.2) is 90.0 Å². The predicted molar refractivity (Wildman–Crippen MR) is 127 cm³/mol. The molecule has 4 rings (SSSR count). The maximum Gasteiger partial charge on any atom is 0.129 e. The lowest BCUT2D eigenvalue weighted by molar-refractivity contribution is 0.306. The number of hydrogen-bond acceptors (Lipinski definition) is 4. The monoisotopic (exact) mass is 430 g/mol. The highest BCUT2D eigenvalue weighted by molar-refractivity contribution is 6.31. The van der Waals surface area contributed by atoms with Crippen LogP contribution in [0.4, 0.5) is 0 Å². The Balaban J connectivity index is 1.56. The summed E-state index contributed by atoms with van der Waals surface area (Å²) in [7, 11) is 1.67. The van der Waals surface area contributed by atoms with Gasteiger partial charge in [-0.05, 0) is 29.0 Å². The summed E-state index contributed by atoms with van der Waals surface area (Å²) in [5.41, 5.74) is 6.00. The van der Waals surface area contributed by atoms with Crippen LogP contribution in [0.2, 0.25) is 5.02 Å². The quantitative estimate of drug-likeness (QED) is 0.267. The topological polar surface area (TPSA) is 42.8 Å². The average Bonchev–Trinajstić information content (AvgIpc) is 2.82. The average molecular weight is 431 g/mol. The minimum atomic E-state index is 0.382. The third kappa shape index (κ3) is 4.98. The van der Waals surface area contributed by atoms with E-state index in [-0.39, 0.29) is 0 Å². The van der Waals surface area contributed by atoms with Crippen LogP contribution in [0, 0.1) is 0 Å². The highest BCUT2D eigenvalue weighted by Gasteiger charge is 2.09. The number of hydrogen-bond donors (Lipinski definition) is 1. The summed E-state index contributed by atoms with van der Waals surface area (Å²) in [4.78, 5) is 0. The van der Waals surface area contributed by atoms with Gasteiger partial charge in [0.1, 0.15) is 18.1 Å². The molecule has 0 saturated heterocycles. The zero-order chi connectivity index (χ0) is 21.5. The van der Waals surface area contributed by atoms with Crippen LogP contribution in [-0.2, 0) is 13.2 Å². The molecule has 156 valence electrons. The Morgan fingerprint density at radius 3 is 2.42 bits per heavy atom. The second-order valence-corrected chi connectivity index (χ2v) is 7.39. The van der Waals surface area contributed by atoms with Crippen LogP contribution < -0.4 is 14.9 Å². The molecule has 0 saturated carbocycles. The molecule has 0 unspecified atom stereocenters. The van der Waals surface area contributed by atoms with Gasteiger partial charge in [-0.25, -0.2) is 0 Å². The smallest absolute Gasteiger partial charge is 0.129 e. The number of halogens is 1. The highest BCUT2D eigenvalue weighted by Crippen LogP contribution is 2.28. The van der Waals surface area contributed by atoms with Crippen LogP contribution in [0.3, 0.4) is 0 Å². The van der Waals surface area contributed by atoms with E-state index < -0.39 is 0 Å². The molecule has 0 aliphatic carbocycles. The summed E-state index contributed by atoms with van der Waals surface area (Å²) in [6.07, 6.45) is 1.81. The van der Waals surface area contributed by atoms with Gasteiger partial charge in [-0.3, -0.25) is 0 Å². The fraction of sp³-hybridized carbons (Fsp3) is 0.115. The van der Waals surface area contributed by atoms with E-state index in [1.54, 1.807) is 13.3 Å². The van der Waals surface area contributed by atoms with Gasteiger partial charge in [0.05, 0.1) is 19.9 Å². The maximum absolute atomic E-state index is 6.28. The summed E-state index contributed by atoms with van der Waals surface area (Å²) >= 11 is 6.28. The lowest BCUT2D eigenvalue weighted by Gasteiger charge is -2.13. The summed E-state index contributed by atoms with van der Waals surface area (Å²) in [5, 5.41) is 7.35. The van der Waals surface area contributed by atoms with Crippen molar-refractivity contribution in [3.8, 4) is 11.5 Å². The Labute approximate surface area is 187 Å². The zero-order valence-corrected chi connectivity index (χ0v) is 18.0. The van der Waals surface area contributed by atoms with E-state index in [9.17, 15) is 0 Å². The lowest BCUT2D eigenvalue weighted by atomic mass is 10.0. The van der Waals surface area contributed by atoms with Crippen LogP contribution in [0.1, 0.15) is 16.7 Å². The van der Waals surface area contributed by atoms with E-state index in [1.807, 2.05) is 66.7 Å². The Morgan fingerprint density at radius 2 is 1.58 bits per heavy atom. The van der Waals surface area contributed by atoms with Crippen LogP contribution in [0.25, 0.3) is 10.8 Å². The van der Waals surface area contributed by atoms with Crippen molar-refractivity contribution < 1.29 is 9.47 Å². The van der Waals surface area contributed by atoms with E-state index in [0.717, 1.165) is 39.0 Å². The van der Waals surface area contributed by atoms with Crippen molar-refractivity contribution in [1.82, 2.24) is 5.43 Å². The van der Waals surface area contributed by atoms with E-state index in [0.29, 0.717) is 18.2 Å². The predicted octanol–water partition coefficient (Wildman–Crippen LogP) is 6.20. The molecule has 4 aromatic rings. The molecule has 0 aliphatic rings. The molecular formula is C26H23ClN2O2. The lowest BCUT2D eigenvalue weighted by Crippen LogP contribution is -2.07. The molecule has 0 aromatic heterocycles. The number of nitrogens with zero attached hydrogens (tertiary/aromatic N) is 1. The third-order valence-corrected chi connectivity index (χ3v) is 5.39. The van der Waals surface area contributed by atoms with E-state index >= 15 is 0 Å². The van der Waals surface area contributed by atoms with Crippen molar-refractivity contribution >= 4 is 28.6 Å². The molecule has 0 atom stereocenters. The number of fused-ring (bicyclic) bond motifs is 1. The number of hydrazone groups is 1. The van der Waals surface area contributed by atoms with E-state index in [1.165, 1.54) is 0 Å². The zero-order valence-electron chi connectivity index (χ0n) is 17.2. The molecule has 4 nitrogen and oxygen atoms in total. The van der Waals surface area contributed by atoms with Gasteiger partial charge in [-0.15, -0.1) is 0 Å². The summed E-state index contributed by atoms with van der Waals surface area (Å²) in [6.45, 7) is 0.939. The Bertz CT molecular complexity index is 1210. The largest absolute Gasteiger partial charge is 0.496 e. The van der Waals surface area contributed by atoms with Crippen molar-refractivity contribution in [2.24, 2.45) is 5.10 Å². The number of nitrogens with one attached hydrogen (secondary N) is 1. The molecule has 4 aromatic carbocycles. The molecule has 0 amide bonds. The van der Waals surface area contributed by atoms with Crippen LogP contribution in [0.5, 0.6) is 11.5 Å². The first kappa shape index (κ1) is 20.8. The van der Waals surface area contributed by atoms with Gasteiger partial charge in [0.2, 0.25) is 0 Å². The normalized spacial score (nSPS) is 11.0. The van der Waals surface area contributed by atoms with Gasteiger partial charge >= 0.3 is 0 Å². The molecule has 0 spiro atoms. The second-order valence-electron chi connectivity index (χ2n) is 6.98. The van der Waals surface area contributed by atoms with Gasteiger partial charge < -0.3 is 14.9 Å². The minimum absolute atomic E-state index is 0.382. The molecular weight excluding hydrogens is 408 g/mol. The van der Waals surface area contributed by atoms with Crippen LogP contribution in [-0.4, -0.2) is 13.3 Å². The fourth-order valence-electron chi connectivity index (χ4n) is 3.40. The number of benzene rings is 4. The molecule has 1 N–H and O–H groups in total. The molecule has 0 bridgehead atoms. The number of ether oxygens (including phenoxy) is 2. The Kier molecular flexibility index (Phi) is 6.70. The maximum atomic E-state index is 6.28. The van der Waals surface area contributed by atoms with Crippen molar-refractivity contribution in [3.63, 3.8) is 0 Å². The van der Waals surface area contributed by atoms with Crippen LogP contribution >= 0.6 is 11.6 Å². The first-order valence-corrected chi connectivity index (χ1v) is 10.4. The van der Waals surface area contributed by atoms with Gasteiger partial charge in [0, 0.05) is 21.7 Å². The van der Waals surface area contributed by atoms with Gasteiger partial charge in [-0.1, -0.05) is 78.3 Å². The molecule has 0 radical (unpaired) electrons. The third-order valence-electron chi connectivity index (χ3n) is 5.02. The summed E-state index contributed by atoms with van der Waals surface area (Å²) in [5.74, 6) is 1.58. The molecule has 0 fully saturated rings. The Morgan fingerprint density at radius 1 is 0.839 bits per heavy atom. The minimum Gasteiger partial charge on any atom is -0.496 e. The number of para-hydroxylation sites is 1. The number of methoxy groups -OCH3 is 1. The number of rotatable bonds is 8. The van der Waals surface area contributed by atoms with E-state index in [4.69, 9.17) is 21.1 Å². The fourth-order valence-corrected chi connectivity index (χ4v) is 3.59. The van der Waals surface area contributed by atoms with Gasteiger partial charge in [0.25, 0.3) is 0 Å². The van der Waals surface area contributed by atoms with E-state index in [2.05, 4.69) is 28.7 Å². The van der Waals surface area contributed by atoms with Gasteiger partial charge in [-0.2, -0.15) is 5.10 Å². The SMILES string of the molecule is COc1ccccc1CN/N=C/c1c(OCc2ccccc2Cl)ccc2ccccc12.